The minimum absolute atomic E-state index is 0.0329. The maximum Gasteiger partial charge on any atom is 0.269 e. The summed E-state index contributed by atoms with van der Waals surface area (Å²) >= 11 is 0. The van der Waals surface area contributed by atoms with Gasteiger partial charge in [-0.3, -0.25) is 10.1 Å². The number of hydrazone groups is 1. The number of para-hydroxylation sites is 2. The average molecular weight is 532 g/mol. The SMILES string of the molecule is Cc1c2c(c(C)n1-c1ccccc1)[P@@](=Nc1ccc([N+](=O)[O-])cc1)(c1ccccc1)N(c1ccccc1)N=C2. The van der Waals surface area contributed by atoms with Gasteiger partial charge < -0.3 is 4.57 Å². The molecule has 0 unspecified atom stereocenters. The number of benzene rings is 4. The van der Waals surface area contributed by atoms with Gasteiger partial charge in [0.1, 0.15) is 7.21 Å². The molecule has 0 saturated carbocycles. The highest BCUT2D eigenvalue weighted by Gasteiger charge is 2.41. The number of anilines is 1. The van der Waals surface area contributed by atoms with Crippen LogP contribution < -0.4 is 15.4 Å². The number of fused-ring (bicyclic) bond motifs is 1. The molecule has 1 aliphatic rings. The molecule has 39 heavy (non-hydrogen) atoms. The molecular weight excluding hydrogens is 505 g/mol. The van der Waals surface area contributed by atoms with E-state index in [2.05, 4.69) is 47.5 Å². The van der Waals surface area contributed by atoms with Crippen LogP contribution >= 0.6 is 7.21 Å². The van der Waals surface area contributed by atoms with E-state index in [1.807, 2.05) is 72.9 Å². The van der Waals surface area contributed by atoms with Crippen LogP contribution in [-0.4, -0.2) is 15.7 Å². The van der Waals surface area contributed by atoms with Crippen LogP contribution in [0.5, 0.6) is 0 Å². The van der Waals surface area contributed by atoms with Crippen molar-refractivity contribution in [2.75, 3.05) is 4.78 Å². The van der Waals surface area contributed by atoms with Crippen molar-refractivity contribution >= 4 is 41.1 Å². The zero-order valence-electron chi connectivity index (χ0n) is 21.5. The minimum atomic E-state index is -2.82. The standard InChI is InChI=1S/C31H26N5O2P/c1-23-30-22-32-35(27-14-8-4-9-15-27)39(29-16-10-5-11-17-29,33-25-18-20-28(21-19-25)36(37)38)31(30)24(2)34(23)26-12-6-3-7-13-26/h3-22H,1-2H3/t39-/m1/s1. The zero-order chi connectivity index (χ0) is 27.0. The van der Waals surface area contributed by atoms with Gasteiger partial charge in [-0.25, -0.2) is 9.52 Å². The highest BCUT2D eigenvalue weighted by Crippen LogP contribution is 2.58. The number of non-ortho nitro benzene ring substituents is 1. The summed E-state index contributed by atoms with van der Waals surface area (Å²) in [4.78, 5) is 11.0. The lowest BCUT2D eigenvalue weighted by Gasteiger charge is -2.38. The van der Waals surface area contributed by atoms with Gasteiger partial charge in [0.2, 0.25) is 0 Å². The van der Waals surface area contributed by atoms with Gasteiger partial charge in [-0.05, 0) is 50.2 Å². The maximum absolute atomic E-state index is 11.4. The van der Waals surface area contributed by atoms with Crippen LogP contribution in [-0.2, 0) is 0 Å². The Morgan fingerprint density at radius 2 is 1.31 bits per heavy atom. The number of hydrogen-bond acceptors (Lipinski definition) is 4. The van der Waals surface area contributed by atoms with Crippen molar-refractivity contribution in [1.29, 1.82) is 0 Å². The molecule has 7 nitrogen and oxygen atoms in total. The second-order valence-corrected chi connectivity index (χ2v) is 12.0. The van der Waals surface area contributed by atoms with Crippen LogP contribution in [0.2, 0.25) is 0 Å². The van der Waals surface area contributed by atoms with Crippen LogP contribution in [0.15, 0.2) is 125 Å². The van der Waals surface area contributed by atoms with Crippen molar-refractivity contribution < 1.29 is 4.92 Å². The summed E-state index contributed by atoms with van der Waals surface area (Å²) in [5.41, 5.74) is 5.91. The molecule has 0 radical (unpaired) electrons. The molecule has 0 bridgehead atoms. The molecule has 1 atom stereocenters. The Morgan fingerprint density at radius 3 is 1.90 bits per heavy atom. The summed E-state index contributed by atoms with van der Waals surface area (Å²) in [5.74, 6) is 0. The fourth-order valence-electron chi connectivity index (χ4n) is 5.27. The van der Waals surface area contributed by atoms with Gasteiger partial charge >= 0.3 is 0 Å². The number of nitro groups is 1. The molecule has 0 aliphatic carbocycles. The molecule has 8 heteroatoms. The Labute approximate surface area is 226 Å². The second kappa shape index (κ2) is 9.86. The Morgan fingerprint density at radius 1 is 0.744 bits per heavy atom. The van der Waals surface area contributed by atoms with E-state index >= 15 is 0 Å². The van der Waals surface area contributed by atoms with E-state index in [0.717, 1.165) is 38.9 Å². The maximum atomic E-state index is 11.4. The molecule has 1 aromatic heterocycles. The molecule has 4 aromatic carbocycles. The molecule has 6 rings (SSSR count). The predicted octanol–water partition coefficient (Wildman–Crippen LogP) is 7.26. The molecule has 0 fully saturated rings. The summed E-state index contributed by atoms with van der Waals surface area (Å²) in [6, 6.07) is 37.1. The van der Waals surface area contributed by atoms with Crippen LogP contribution in [0, 0.1) is 24.0 Å². The lowest BCUT2D eigenvalue weighted by Crippen LogP contribution is -2.34. The lowest BCUT2D eigenvalue weighted by molar-refractivity contribution is -0.384. The van der Waals surface area contributed by atoms with Crippen molar-refractivity contribution in [3.05, 3.63) is 142 Å². The fourth-order valence-corrected chi connectivity index (χ4v) is 9.06. The number of nitrogens with zero attached hydrogens (tertiary/aromatic N) is 5. The van der Waals surface area contributed by atoms with Gasteiger partial charge in [-0.15, -0.1) is 0 Å². The normalized spacial score (nSPS) is 16.1. The summed E-state index contributed by atoms with van der Waals surface area (Å²) < 4.78 is 9.85. The van der Waals surface area contributed by atoms with Gasteiger partial charge in [-0.1, -0.05) is 66.7 Å². The monoisotopic (exact) mass is 531 g/mol. The van der Waals surface area contributed by atoms with E-state index in [0.29, 0.717) is 5.69 Å². The molecule has 0 amide bonds. The van der Waals surface area contributed by atoms with Crippen LogP contribution in [0.4, 0.5) is 17.1 Å². The first-order valence-electron chi connectivity index (χ1n) is 12.6. The first-order chi connectivity index (χ1) is 19.0. The van der Waals surface area contributed by atoms with Crippen LogP contribution in [0.25, 0.3) is 5.69 Å². The largest absolute Gasteiger partial charge is 0.317 e. The van der Waals surface area contributed by atoms with Crippen molar-refractivity contribution in [3.8, 4) is 5.69 Å². The van der Waals surface area contributed by atoms with Gasteiger partial charge in [0.25, 0.3) is 5.69 Å². The molecule has 2 heterocycles. The Bertz CT molecular complexity index is 1750. The highest BCUT2D eigenvalue weighted by molar-refractivity contribution is 7.82. The smallest absolute Gasteiger partial charge is 0.269 e. The average Bonchev–Trinajstić information content (AvgIpc) is 3.24. The van der Waals surface area contributed by atoms with Crippen molar-refractivity contribution in [2.45, 2.75) is 13.8 Å². The quantitative estimate of drug-likeness (QED) is 0.136. The Kier molecular flexibility index (Phi) is 6.21. The fraction of sp³-hybridized carbons (Fsp3) is 0.0645. The van der Waals surface area contributed by atoms with Gasteiger partial charge in [-0.2, -0.15) is 5.10 Å². The third-order valence-electron chi connectivity index (χ3n) is 6.98. The van der Waals surface area contributed by atoms with Crippen molar-refractivity contribution in [3.63, 3.8) is 0 Å². The molecule has 0 spiro atoms. The number of aromatic nitrogens is 1. The Hall–Kier alpha value is -4.74. The van der Waals surface area contributed by atoms with E-state index in [9.17, 15) is 10.1 Å². The summed E-state index contributed by atoms with van der Waals surface area (Å²) in [6.45, 7) is 4.26. The number of rotatable bonds is 5. The summed E-state index contributed by atoms with van der Waals surface area (Å²) in [7, 11) is -2.82. The number of nitro benzene ring substituents is 1. The highest BCUT2D eigenvalue weighted by atomic mass is 31.2. The first-order valence-corrected chi connectivity index (χ1v) is 14.3. The molecule has 192 valence electrons. The zero-order valence-corrected chi connectivity index (χ0v) is 22.4. The first kappa shape index (κ1) is 24.6. The van der Waals surface area contributed by atoms with E-state index in [1.165, 1.54) is 12.1 Å². The van der Waals surface area contributed by atoms with E-state index in [4.69, 9.17) is 9.85 Å². The third-order valence-corrected chi connectivity index (χ3v) is 10.6. The van der Waals surface area contributed by atoms with E-state index < -0.39 is 12.1 Å². The molecule has 0 saturated heterocycles. The predicted molar refractivity (Wildman–Crippen MR) is 160 cm³/mol. The second-order valence-electron chi connectivity index (χ2n) is 9.28. The molecule has 1 aliphatic heterocycles. The summed E-state index contributed by atoms with van der Waals surface area (Å²) in [6.07, 6.45) is 1.94. The topological polar surface area (TPSA) is 76.0 Å². The minimum Gasteiger partial charge on any atom is -0.317 e. The summed E-state index contributed by atoms with van der Waals surface area (Å²) in [5, 5.41) is 18.6. The van der Waals surface area contributed by atoms with E-state index in [1.54, 1.807) is 12.1 Å². The van der Waals surface area contributed by atoms with Gasteiger partial charge in [0.15, 0.2) is 0 Å². The van der Waals surface area contributed by atoms with Crippen LogP contribution in [0.3, 0.4) is 0 Å². The lowest BCUT2D eigenvalue weighted by atomic mass is 10.2. The van der Waals surface area contributed by atoms with Crippen molar-refractivity contribution in [2.24, 2.45) is 9.85 Å². The van der Waals surface area contributed by atoms with Gasteiger partial charge in [0.05, 0.1) is 22.5 Å². The third kappa shape index (κ3) is 4.08. The van der Waals surface area contributed by atoms with E-state index in [-0.39, 0.29) is 5.69 Å². The van der Waals surface area contributed by atoms with Crippen molar-refractivity contribution in [1.82, 2.24) is 4.57 Å². The molecule has 0 N–H and O–H groups in total. The molecule has 5 aromatic rings. The molecular formula is C31H26N5O2P. The van der Waals surface area contributed by atoms with Gasteiger partial charge in [0, 0.05) is 45.4 Å². The Balaban J connectivity index is 1.74. The van der Waals surface area contributed by atoms with Crippen LogP contribution in [0.1, 0.15) is 17.0 Å². The number of hydrogen-bond donors (Lipinski definition) is 0.